The summed E-state index contributed by atoms with van der Waals surface area (Å²) in [5, 5.41) is 5.24. The molecule has 1 aliphatic rings. The highest BCUT2D eigenvalue weighted by atomic mass is 32.1. The number of hydrogen-bond acceptors (Lipinski definition) is 6. The quantitative estimate of drug-likeness (QED) is 0.641. The SMILES string of the molecule is C=CCNc1nc(C(=O)OCC(=O)N2CCC[C@@H](C)C2)cs1. The van der Waals surface area contributed by atoms with Crippen molar-refractivity contribution in [3.63, 3.8) is 0 Å². The second kappa shape index (κ2) is 7.93. The third-order valence-corrected chi connectivity index (χ3v) is 4.25. The molecule has 0 bridgehead atoms. The Labute approximate surface area is 134 Å². The summed E-state index contributed by atoms with van der Waals surface area (Å²) in [6, 6.07) is 0. The third-order valence-electron chi connectivity index (χ3n) is 3.45. The van der Waals surface area contributed by atoms with E-state index in [9.17, 15) is 9.59 Å². The maximum absolute atomic E-state index is 12.0. The van der Waals surface area contributed by atoms with Crippen molar-refractivity contribution in [3.05, 3.63) is 23.7 Å². The van der Waals surface area contributed by atoms with Crippen molar-refractivity contribution in [1.29, 1.82) is 0 Å². The minimum Gasteiger partial charge on any atom is -0.451 e. The van der Waals surface area contributed by atoms with Crippen LogP contribution in [-0.2, 0) is 9.53 Å². The summed E-state index contributed by atoms with van der Waals surface area (Å²) in [6.07, 6.45) is 3.85. The number of nitrogens with zero attached hydrogens (tertiary/aromatic N) is 2. The van der Waals surface area contributed by atoms with Gasteiger partial charge in [0.2, 0.25) is 0 Å². The molecule has 2 rings (SSSR count). The number of esters is 1. The number of anilines is 1. The molecule has 0 aromatic carbocycles. The lowest BCUT2D eigenvalue weighted by Gasteiger charge is -2.30. The summed E-state index contributed by atoms with van der Waals surface area (Å²) in [6.45, 7) is 7.56. The first-order chi connectivity index (χ1) is 10.6. The molecular formula is C15H21N3O3S. The van der Waals surface area contributed by atoms with Gasteiger partial charge in [-0.05, 0) is 18.8 Å². The Morgan fingerprint density at radius 2 is 2.45 bits per heavy atom. The minimum atomic E-state index is -0.568. The summed E-state index contributed by atoms with van der Waals surface area (Å²) in [5.41, 5.74) is 0.219. The molecule has 0 radical (unpaired) electrons. The normalized spacial score (nSPS) is 17.9. The Balaban J connectivity index is 1.80. The molecule has 1 aromatic rings. The molecule has 7 heteroatoms. The van der Waals surface area contributed by atoms with E-state index in [1.807, 2.05) is 0 Å². The number of rotatable bonds is 6. The third kappa shape index (κ3) is 4.56. The lowest BCUT2D eigenvalue weighted by Crippen LogP contribution is -2.41. The lowest BCUT2D eigenvalue weighted by atomic mass is 10.0. The van der Waals surface area contributed by atoms with E-state index < -0.39 is 5.97 Å². The largest absolute Gasteiger partial charge is 0.451 e. The number of nitrogens with one attached hydrogen (secondary N) is 1. The predicted octanol–water partition coefficient (Wildman–Crippen LogP) is 2.16. The fraction of sp³-hybridized carbons (Fsp3) is 0.533. The first-order valence-corrected chi connectivity index (χ1v) is 8.23. The van der Waals surface area contributed by atoms with Crippen molar-refractivity contribution in [1.82, 2.24) is 9.88 Å². The van der Waals surface area contributed by atoms with Gasteiger partial charge in [0, 0.05) is 25.0 Å². The number of ether oxygens (including phenoxy) is 1. The molecule has 0 aliphatic carbocycles. The van der Waals surface area contributed by atoms with Gasteiger partial charge in [0.05, 0.1) is 0 Å². The van der Waals surface area contributed by atoms with Gasteiger partial charge in [-0.2, -0.15) is 0 Å². The number of aromatic nitrogens is 1. The lowest BCUT2D eigenvalue weighted by molar-refractivity contribution is -0.136. The van der Waals surface area contributed by atoms with E-state index in [-0.39, 0.29) is 18.2 Å². The van der Waals surface area contributed by atoms with Gasteiger partial charge in [0.1, 0.15) is 0 Å². The topological polar surface area (TPSA) is 71.5 Å². The van der Waals surface area contributed by atoms with Gasteiger partial charge in [0.15, 0.2) is 17.4 Å². The molecule has 6 nitrogen and oxygen atoms in total. The van der Waals surface area contributed by atoms with Gasteiger partial charge in [-0.25, -0.2) is 9.78 Å². The number of carbonyl (C=O) groups is 2. The monoisotopic (exact) mass is 323 g/mol. The van der Waals surface area contributed by atoms with E-state index in [2.05, 4.69) is 23.8 Å². The standard InChI is InChI=1S/C15H21N3O3S/c1-3-6-16-15-17-12(10-22-15)14(20)21-9-13(19)18-7-4-5-11(2)8-18/h3,10-11H,1,4-9H2,2H3,(H,16,17)/t11-/m1/s1. The summed E-state index contributed by atoms with van der Waals surface area (Å²) in [7, 11) is 0. The second-order valence-electron chi connectivity index (χ2n) is 5.37. The molecule has 1 saturated heterocycles. The summed E-state index contributed by atoms with van der Waals surface area (Å²) in [5.74, 6) is -0.202. The minimum absolute atomic E-state index is 0.139. The molecule has 0 unspecified atom stereocenters. The highest BCUT2D eigenvalue weighted by Gasteiger charge is 2.22. The van der Waals surface area contributed by atoms with E-state index in [1.54, 1.807) is 16.4 Å². The maximum Gasteiger partial charge on any atom is 0.358 e. The van der Waals surface area contributed by atoms with Gasteiger partial charge in [-0.3, -0.25) is 4.79 Å². The Hall–Kier alpha value is -1.89. The molecule has 0 saturated carbocycles. The van der Waals surface area contributed by atoms with Gasteiger partial charge in [-0.15, -0.1) is 17.9 Å². The summed E-state index contributed by atoms with van der Waals surface area (Å²) < 4.78 is 5.06. The average Bonchev–Trinajstić information content (AvgIpc) is 2.99. The summed E-state index contributed by atoms with van der Waals surface area (Å²) >= 11 is 1.31. The molecule has 1 fully saturated rings. The summed E-state index contributed by atoms with van der Waals surface area (Å²) in [4.78, 5) is 29.8. The number of piperidine rings is 1. The van der Waals surface area contributed by atoms with Crippen LogP contribution < -0.4 is 5.32 Å². The zero-order valence-electron chi connectivity index (χ0n) is 12.7. The number of amides is 1. The molecule has 120 valence electrons. The van der Waals surface area contributed by atoms with Crippen molar-refractivity contribution in [2.45, 2.75) is 19.8 Å². The molecule has 1 aromatic heterocycles. The molecule has 1 atom stereocenters. The smallest absolute Gasteiger partial charge is 0.358 e. The fourth-order valence-electron chi connectivity index (χ4n) is 2.32. The number of carbonyl (C=O) groups excluding carboxylic acids is 2. The van der Waals surface area contributed by atoms with Crippen LogP contribution in [0.15, 0.2) is 18.0 Å². The first-order valence-electron chi connectivity index (χ1n) is 7.35. The van der Waals surface area contributed by atoms with E-state index >= 15 is 0 Å². The highest BCUT2D eigenvalue weighted by molar-refractivity contribution is 7.13. The van der Waals surface area contributed by atoms with E-state index in [4.69, 9.17) is 4.74 Å². The highest BCUT2D eigenvalue weighted by Crippen LogP contribution is 2.17. The van der Waals surface area contributed by atoms with Gasteiger partial charge >= 0.3 is 5.97 Å². The van der Waals surface area contributed by atoms with Gasteiger partial charge in [-0.1, -0.05) is 13.0 Å². The van der Waals surface area contributed by atoms with Crippen LogP contribution >= 0.6 is 11.3 Å². The van der Waals surface area contributed by atoms with Crippen molar-refractivity contribution in [2.75, 3.05) is 31.6 Å². The van der Waals surface area contributed by atoms with Crippen LogP contribution in [0.3, 0.4) is 0 Å². The van der Waals surface area contributed by atoms with E-state index in [1.165, 1.54) is 11.3 Å². The van der Waals surface area contributed by atoms with Crippen LogP contribution in [0.4, 0.5) is 5.13 Å². The van der Waals surface area contributed by atoms with E-state index in [0.717, 1.165) is 25.9 Å². The van der Waals surface area contributed by atoms with Gasteiger partial charge in [0.25, 0.3) is 5.91 Å². The number of thiazole rings is 1. The zero-order chi connectivity index (χ0) is 15.9. The van der Waals surface area contributed by atoms with E-state index in [0.29, 0.717) is 17.6 Å². The van der Waals surface area contributed by atoms with Crippen molar-refractivity contribution < 1.29 is 14.3 Å². The van der Waals surface area contributed by atoms with Crippen LogP contribution in [0.5, 0.6) is 0 Å². The maximum atomic E-state index is 12.0. The van der Waals surface area contributed by atoms with Crippen LogP contribution in [0, 0.1) is 5.92 Å². The van der Waals surface area contributed by atoms with Crippen LogP contribution in [0.25, 0.3) is 0 Å². The van der Waals surface area contributed by atoms with Crippen LogP contribution in [-0.4, -0.2) is 48.0 Å². The van der Waals surface area contributed by atoms with Crippen molar-refractivity contribution >= 4 is 28.3 Å². The molecular weight excluding hydrogens is 302 g/mol. The Bertz CT molecular complexity index is 544. The molecule has 0 spiro atoms. The predicted molar refractivity (Wildman–Crippen MR) is 86.1 cm³/mol. The zero-order valence-corrected chi connectivity index (χ0v) is 13.5. The first kappa shape index (κ1) is 16.5. The second-order valence-corrected chi connectivity index (χ2v) is 6.23. The molecule has 2 heterocycles. The average molecular weight is 323 g/mol. The molecule has 22 heavy (non-hydrogen) atoms. The number of likely N-dealkylation sites (tertiary alicyclic amines) is 1. The molecule has 1 N–H and O–H groups in total. The van der Waals surface area contributed by atoms with Crippen molar-refractivity contribution in [3.8, 4) is 0 Å². The number of hydrogen-bond donors (Lipinski definition) is 1. The van der Waals surface area contributed by atoms with Crippen LogP contribution in [0.2, 0.25) is 0 Å². The van der Waals surface area contributed by atoms with Crippen molar-refractivity contribution in [2.24, 2.45) is 5.92 Å². The molecule has 1 aliphatic heterocycles. The Kier molecular flexibility index (Phi) is 5.94. The van der Waals surface area contributed by atoms with Crippen LogP contribution in [0.1, 0.15) is 30.3 Å². The fourth-order valence-corrected chi connectivity index (χ4v) is 3.01. The Morgan fingerprint density at radius 3 is 3.18 bits per heavy atom. The van der Waals surface area contributed by atoms with Gasteiger partial charge < -0.3 is 15.0 Å². The Morgan fingerprint density at radius 1 is 1.64 bits per heavy atom. The molecule has 1 amide bonds.